The number of hydrogen-bond donors (Lipinski definition) is 3. The number of carbonyl (C=O) groups excluding carboxylic acids is 1. The van der Waals surface area contributed by atoms with Gasteiger partial charge in [-0.25, -0.2) is 0 Å². The van der Waals surface area contributed by atoms with E-state index in [-0.39, 0.29) is 12.0 Å². The maximum atomic E-state index is 10.4. The predicted molar refractivity (Wildman–Crippen MR) is 56.8 cm³/mol. The summed E-state index contributed by atoms with van der Waals surface area (Å²) in [6, 6.07) is 0. The van der Waals surface area contributed by atoms with Crippen molar-refractivity contribution in [1.29, 1.82) is 0 Å². The normalized spacial score (nSPS) is 13.1. The number of amides is 1. The summed E-state index contributed by atoms with van der Waals surface area (Å²) in [6.07, 6.45) is 1.97. The third-order valence-corrected chi connectivity index (χ3v) is 2.49. The van der Waals surface area contributed by atoms with Crippen molar-refractivity contribution in [3.8, 4) is 0 Å². The molecule has 0 saturated heterocycles. The molecule has 14 heavy (non-hydrogen) atoms. The second-order valence-electron chi connectivity index (χ2n) is 3.56. The summed E-state index contributed by atoms with van der Waals surface area (Å²) in [4.78, 5) is 10.4. The van der Waals surface area contributed by atoms with Gasteiger partial charge in [0.05, 0.1) is 6.10 Å². The van der Waals surface area contributed by atoms with Crippen molar-refractivity contribution in [2.75, 3.05) is 13.1 Å². The average molecular weight is 202 g/mol. The van der Waals surface area contributed by atoms with Gasteiger partial charge in [0.25, 0.3) is 0 Å². The highest BCUT2D eigenvalue weighted by atomic mass is 16.3. The van der Waals surface area contributed by atoms with Crippen LogP contribution in [0.15, 0.2) is 0 Å². The minimum absolute atomic E-state index is 0.311. The number of nitrogens with two attached hydrogens (primary N) is 1. The molecule has 0 spiro atoms. The molecule has 0 rings (SSSR count). The van der Waals surface area contributed by atoms with Crippen LogP contribution in [0, 0.1) is 5.92 Å². The quantitative estimate of drug-likeness (QED) is 0.494. The van der Waals surface area contributed by atoms with Crippen LogP contribution in [0.25, 0.3) is 0 Å². The van der Waals surface area contributed by atoms with E-state index in [2.05, 4.69) is 19.2 Å². The van der Waals surface area contributed by atoms with Gasteiger partial charge in [-0.15, -0.1) is 0 Å². The second kappa shape index (κ2) is 7.76. The molecule has 0 aliphatic rings. The third kappa shape index (κ3) is 5.94. The van der Waals surface area contributed by atoms with E-state index in [1.165, 1.54) is 0 Å². The number of aliphatic hydroxyl groups excluding tert-OH is 1. The summed E-state index contributed by atoms with van der Waals surface area (Å²) in [5.41, 5.74) is 4.98. The lowest BCUT2D eigenvalue weighted by Crippen LogP contribution is -2.34. The first-order valence-corrected chi connectivity index (χ1v) is 5.28. The summed E-state index contributed by atoms with van der Waals surface area (Å²) >= 11 is 0. The van der Waals surface area contributed by atoms with E-state index in [0.29, 0.717) is 25.4 Å². The topological polar surface area (TPSA) is 75.3 Å². The molecular weight excluding hydrogens is 180 g/mol. The third-order valence-electron chi connectivity index (χ3n) is 2.49. The van der Waals surface area contributed by atoms with Crippen molar-refractivity contribution in [2.45, 2.75) is 39.2 Å². The Balaban J connectivity index is 3.51. The van der Waals surface area contributed by atoms with Crippen molar-refractivity contribution in [3.05, 3.63) is 0 Å². The van der Waals surface area contributed by atoms with E-state index >= 15 is 0 Å². The van der Waals surface area contributed by atoms with Gasteiger partial charge >= 0.3 is 0 Å². The van der Waals surface area contributed by atoms with Gasteiger partial charge in [-0.3, -0.25) is 4.79 Å². The van der Waals surface area contributed by atoms with Crippen LogP contribution in [0.2, 0.25) is 0 Å². The van der Waals surface area contributed by atoms with Gasteiger partial charge in [-0.2, -0.15) is 0 Å². The van der Waals surface area contributed by atoms with Crippen molar-refractivity contribution in [1.82, 2.24) is 5.32 Å². The molecule has 0 aliphatic heterocycles. The molecule has 1 unspecified atom stereocenters. The highest BCUT2D eigenvalue weighted by Gasteiger charge is 2.14. The Labute approximate surface area is 85.9 Å². The van der Waals surface area contributed by atoms with Gasteiger partial charge in [0, 0.05) is 19.5 Å². The summed E-state index contributed by atoms with van der Waals surface area (Å²) < 4.78 is 0. The molecule has 0 aliphatic carbocycles. The van der Waals surface area contributed by atoms with Crippen LogP contribution in [0.4, 0.5) is 0 Å². The molecule has 1 amide bonds. The molecule has 0 aromatic rings. The number of hydrogen-bond acceptors (Lipinski definition) is 3. The number of carbonyl (C=O) groups is 1. The largest absolute Gasteiger partial charge is 0.392 e. The van der Waals surface area contributed by atoms with Crippen LogP contribution in [0.1, 0.15) is 33.1 Å². The minimum Gasteiger partial charge on any atom is -0.392 e. The maximum absolute atomic E-state index is 10.4. The van der Waals surface area contributed by atoms with Crippen LogP contribution in [0.3, 0.4) is 0 Å². The van der Waals surface area contributed by atoms with Crippen molar-refractivity contribution >= 4 is 5.91 Å². The molecule has 4 heteroatoms. The molecule has 0 aromatic heterocycles. The Hall–Kier alpha value is -0.610. The lowest BCUT2D eigenvalue weighted by molar-refractivity contribution is -0.117. The zero-order valence-corrected chi connectivity index (χ0v) is 9.12. The molecule has 0 radical (unpaired) electrons. The van der Waals surface area contributed by atoms with E-state index in [4.69, 9.17) is 5.73 Å². The fourth-order valence-electron chi connectivity index (χ4n) is 1.46. The average Bonchev–Trinajstić information content (AvgIpc) is 2.14. The molecular formula is C10H22N2O2. The van der Waals surface area contributed by atoms with Gasteiger partial charge in [-0.05, 0) is 5.92 Å². The van der Waals surface area contributed by atoms with Gasteiger partial charge < -0.3 is 16.2 Å². The van der Waals surface area contributed by atoms with Crippen molar-refractivity contribution in [2.24, 2.45) is 11.7 Å². The van der Waals surface area contributed by atoms with Gasteiger partial charge in [0.1, 0.15) is 0 Å². The monoisotopic (exact) mass is 202 g/mol. The van der Waals surface area contributed by atoms with E-state index in [1.807, 2.05) is 0 Å². The summed E-state index contributed by atoms with van der Waals surface area (Å²) in [5, 5.41) is 12.7. The Morgan fingerprint density at radius 3 is 2.43 bits per heavy atom. The van der Waals surface area contributed by atoms with Gasteiger partial charge in [-0.1, -0.05) is 26.7 Å². The van der Waals surface area contributed by atoms with E-state index < -0.39 is 0 Å². The lowest BCUT2D eigenvalue weighted by Gasteiger charge is -2.20. The first-order valence-electron chi connectivity index (χ1n) is 5.28. The molecule has 0 bridgehead atoms. The fourth-order valence-corrected chi connectivity index (χ4v) is 1.46. The number of primary amides is 1. The number of aliphatic hydroxyl groups is 1. The second-order valence-corrected chi connectivity index (χ2v) is 3.56. The molecule has 0 saturated carbocycles. The summed E-state index contributed by atoms with van der Waals surface area (Å²) in [7, 11) is 0. The van der Waals surface area contributed by atoms with Gasteiger partial charge in [0.2, 0.25) is 5.91 Å². The SMILES string of the molecule is CCC(CC)C(O)CNCCC(N)=O. The smallest absolute Gasteiger partial charge is 0.218 e. The molecule has 4 N–H and O–H groups in total. The number of rotatable bonds is 8. The molecule has 0 heterocycles. The molecule has 0 fully saturated rings. The van der Waals surface area contributed by atoms with Crippen molar-refractivity contribution < 1.29 is 9.90 Å². The highest BCUT2D eigenvalue weighted by Crippen LogP contribution is 2.11. The Bertz CT molecular complexity index is 158. The Morgan fingerprint density at radius 2 is 2.00 bits per heavy atom. The minimum atomic E-state index is -0.321. The predicted octanol–water partition coefficient (Wildman–Crippen LogP) is 0.248. The molecule has 1 atom stereocenters. The lowest BCUT2D eigenvalue weighted by atomic mass is 9.96. The van der Waals surface area contributed by atoms with Crippen LogP contribution in [-0.2, 0) is 4.79 Å². The first kappa shape index (κ1) is 13.4. The zero-order valence-electron chi connectivity index (χ0n) is 9.12. The van der Waals surface area contributed by atoms with Crippen molar-refractivity contribution in [3.63, 3.8) is 0 Å². The van der Waals surface area contributed by atoms with Gasteiger partial charge in [0.15, 0.2) is 0 Å². The Kier molecular flexibility index (Phi) is 7.42. The van der Waals surface area contributed by atoms with Crippen LogP contribution in [-0.4, -0.2) is 30.2 Å². The van der Waals surface area contributed by atoms with E-state index in [0.717, 1.165) is 12.8 Å². The molecule has 4 nitrogen and oxygen atoms in total. The first-order chi connectivity index (χ1) is 6.61. The standard InChI is InChI=1S/C10H22N2O2/c1-3-8(4-2)9(13)7-12-6-5-10(11)14/h8-9,12-13H,3-7H2,1-2H3,(H2,11,14). The summed E-state index contributed by atoms with van der Waals surface area (Å²) in [6.45, 7) is 5.23. The number of nitrogens with one attached hydrogen (secondary N) is 1. The molecule has 0 aromatic carbocycles. The molecule has 84 valence electrons. The summed E-state index contributed by atoms with van der Waals surface area (Å²) in [5.74, 6) is 0.0330. The fraction of sp³-hybridized carbons (Fsp3) is 0.900. The van der Waals surface area contributed by atoms with E-state index in [9.17, 15) is 9.90 Å². The Morgan fingerprint density at radius 1 is 1.43 bits per heavy atom. The van der Waals surface area contributed by atoms with Crippen LogP contribution in [0.5, 0.6) is 0 Å². The zero-order chi connectivity index (χ0) is 11.0. The van der Waals surface area contributed by atoms with E-state index in [1.54, 1.807) is 0 Å². The van der Waals surface area contributed by atoms with Crippen LogP contribution >= 0.6 is 0 Å². The van der Waals surface area contributed by atoms with Crippen LogP contribution < -0.4 is 11.1 Å². The maximum Gasteiger partial charge on any atom is 0.218 e. The highest BCUT2D eigenvalue weighted by molar-refractivity contribution is 5.73.